The molecule has 3 heterocycles. The molecule has 5 heteroatoms. The molecule has 0 N–H and O–H groups in total. The van der Waals surface area contributed by atoms with Gasteiger partial charge in [0.1, 0.15) is 17.3 Å². The first kappa shape index (κ1) is 36.3. The maximum absolute atomic E-state index is 6.70. The fraction of sp³-hybridized carbons (Fsp3) is 0.354. The van der Waals surface area contributed by atoms with Gasteiger partial charge in [0.25, 0.3) is 0 Å². The molecule has 0 saturated carbocycles. The zero-order valence-electron chi connectivity index (χ0n) is 33.8. The molecule has 5 nitrogen and oxygen atoms in total. The topological polar surface area (TPSA) is 33.5 Å². The van der Waals surface area contributed by atoms with Gasteiger partial charge < -0.3 is 14.5 Å². The minimum absolute atomic E-state index is 0.00817. The molecule has 0 radical (unpaired) electrons. The summed E-state index contributed by atoms with van der Waals surface area (Å²) in [5.41, 5.74) is 9.81. The van der Waals surface area contributed by atoms with Gasteiger partial charge in [-0.3, -0.25) is 4.57 Å². The quantitative estimate of drug-likeness (QED) is 0.179. The number of allylic oxidation sites excluding steroid dienone is 1. The fourth-order valence-corrected chi connectivity index (χ4v) is 7.42. The first-order valence-corrected chi connectivity index (χ1v) is 19.0. The molecule has 7 rings (SSSR count). The number of benzene rings is 4. The molecule has 274 valence electrons. The highest BCUT2D eigenvalue weighted by Crippen LogP contribution is 2.43. The van der Waals surface area contributed by atoms with Crippen LogP contribution in [0, 0.1) is 5.41 Å². The summed E-state index contributed by atoms with van der Waals surface area (Å²) in [4.78, 5) is 9.72. The molecule has 0 bridgehead atoms. The van der Waals surface area contributed by atoms with Crippen molar-refractivity contribution in [3.8, 4) is 17.3 Å². The van der Waals surface area contributed by atoms with E-state index in [1.165, 1.54) is 38.8 Å². The zero-order valence-corrected chi connectivity index (χ0v) is 33.8. The van der Waals surface area contributed by atoms with E-state index in [2.05, 4.69) is 201 Å². The van der Waals surface area contributed by atoms with Crippen LogP contribution in [0.2, 0.25) is 0 Å². The Bertz CT molecular complexity index is 2350. The van der Waals surface area contributed by atoms with Crippen LogP contribution >= 0.6 is 0 Å². The Kier molecular flexibility index (Phi) is 8.79. The van der Waals surface area contributed by atoms with Gasteiger partial charge in [0, 0.05) is 57.8 Å². The molecular weight excluding hydrogens is 649 g/mol. The van der Waals surface area contributed by atoms with Gasteiger partial charge in [-0.1, -0.05) is 119 Å². The van der Waals surface area contributed by atoms with Gasteiger partial charge in [-0.2, -0.15) is 0 Å². The van der Waals surface area contributed by atoms with Gasteiger partial charge in [-0.25, -0.2) is 4.98 Å². The summed E-state index contributed by atoms with van der Waals surface area (Å²) < 4.78 is 8.97. The van der Waals surface area contributed by atoms with Crippen LogP contribution in [0.1, 0.15) is 99.8 Å². The Morgan fingerprint density at radius 2 is 1.25 bits per heavy atom. The maximum atomic E-state index is 6.70. The monoisotopic (exact) mass is 704 g/mol. The van der Waals surface area contributed by atoms with Gasteiger partial charge in [-0.15, -0.1) is 0 Å². The number of hydrogen-bond acceptors (Lipinski definition) is 4. The Morgan fingerprint density at radius 1 is 0.566 bits per heavy atom. The lowest BCUT2D eigenvalue weighted by atomic mass is 9.79. The molecule has 1 aliphatic rings. The van der Waals surface area contributed by atoms with Gasteiger partial charge in [0.2, 0.25) is 0 Å². The Morgan fingerprint density at radius 3 is 1.94 bits per heavy atom. The van der Waals surface area contributed by atoms with Crippen LogP contribution < -0.4 is 14.5 Å². The molecule has 0 atom stereocenters. The van der Waals surface area contributed by atoms with E-state index in [1.54, 1.807) is 0 Å². The predicted octanol–water partition coefficient (Wildman–Crippen LogP) is 13.0. The molecule has 0 fully saturated rings. The van der Waals surface area contributed by atoms with Crippen LogP contribution in [0.3, 0.4) is 0 Å². The summed E-state index contributed by atoms with van der Waals surface area (Å²) in [6.07, 6.45) is 4.28. The number of aromatic nitrogens is 2. The summed E-state index contributed by atoms with van der Waals surface area (Å²) in [7, 11) is 0. The van der Waals surface area contributed by atoms with Crippen LogP contribution in [0.4, 0.5) is 11.4 Å². The molecular formula is C48H56N4O. The molecule has 2 aromatic heterocycles. The van der Waals surface area contributed by atoms with E-state index >= 15 is 0 Å². The van der Waals surface area contributed by atoms with Crippen molar-refractivity contribution >= 4 is 33.2 Å². The molecule has 0 unspecified atom stereocenters. The fourth-order valence-electron chi connectivity index (χ4n) is 7.42. The number of nitrogens with zero attached hydrogens (tertiary/aromatic N) is 4. The highest BCUT2D eigenvalue weighted by atomic mass is 16.5. The summed E-state index contributed by atoms with van der Waals surface area (Å²) in [5.74, 6) is 2.49. The molecule has 0 aliphatic carbocycles. The molecule has 0 saturated heterocycles. The van der Waals surface area contributed by atoms with Crippen LogP contribution in [0.15, 0.2) is 115 Å². The highest BCUT2D eigenvalue weighted by Gasteiger charge is 2.34. The summed E-state index contributed by atoms with van der Waals surface area (Å²) in [5, 5.41) is 2.37. The molecule has 4 aromatic carbocycles. The first-order valence-electron chi connectivity index (χ1n) is 19.0. The standard InChI is InChI=1S/C48H56N4O/c1-45(2,3)32-20-23-41(39(26-32)47(7,8)9)50-30-43(48(10,11)12)51(31-50)34-16-15-17-35(28-34)53-36-21-22-38-37-18-13-14-19-40(37)52(42(38)29-36)44-27-33(24-25-49-44)46(4,5)6/h13-30H,31H2,1-12H3. The highest BCUT2D eigenvalue weighted by molar-refractivity contribution is 6.09. The second-order valence-electron chi connectivity index (χ2n) is 18.8. The van der Waals surface area contributed by atoms with Gasteiger partial charge in [-0.05, 0) is 81.5 Å². The van der Waals surface area contributed by atoms with Crippen LogP contribution in [-0.4, -0.2) is 16.2 Å². The van der Waals surface area contributed by atoms with E-state index in [-0.39, 0.29) is 21.7 Å². The van der Waals surface area contributed by atoms with Crippen molar-refractivity contribution in [1.29, 1.82) is 0 Å². The van der Waals surface area contributed by atoms with Gasteiger partial charge in [0.15, 0.2) is 0 Å². The van der Waals surface area contributed by atoms with Gasteiger partial charge in [0.05, 0.1) is 17.7 Å². The number of fused-ring (bicyclic) bond motifs is 3. The first-order chi connectivity index (χ1) is 24.8. The summed E-state index contributed by atoms with van der Waals surface area (Å²) in [6.45, 7) is 28.2. The summed E-state index contributed by atoms with van der Waals surface area (Å²) in [6, 6.07) is 34.9. The number of hydrogen-bond donors (Lipinski definition) is 0. The Balaban J connectivity index is 1.25. The average Bonchev–Trinajstić information content (AvgIpc) is 3.68. The largest absolute Gasteiger partial charge is 0.457 e. The molecule has 6 aromatic rings. The van der Waals surface area contributed by atoms with Crippen LogP contribution in [-0.2, 0) is 16.2 Å². The van der Waals surface area contributed by atoms with E-state index in [1.807, 2.05) is 6.20 Å². The van der Waals surface area contributed by atoms with Crippen molar-refractivity contribution in [3.05, 3.63) is 132 Å². The van der Waals surface area contributed by atoms with Crippen molar-refractivity contribution in [3.63, 3.8) is 0 Å². The lowest BCUT2D eigenvalue weighted by Crippen LogP contribution is -2.31. The molecule has 0 amide bonds. The second-order valence-corrected chi connectivity index (χ2v) is 18.8. The third-order valence-electron chi connectivity index (χ3n) is 10.5. The number of para-hydroxylation sites is 1. The lowest BCUT2D eigenvalue weighted by Gasteiger charge is -2.32. The summed E-state index contributed by atoms with van der Waals surface area (Å²) >= 11 is 0. The van der Waals surface area contributed by atoms with Crippen molar-refractivity contribution in [2.75, 3.05) is 16.5 Å². The predicted molar refractivity (Wildman–Crippen MR) is 225 cm³/mol. The average molecular weight is 705 g/mol. The lowest BCUT2D eigenvalue weighted by molar-refractivity contribution is 0.481. The Labute approximate surface area is 316 Å². The zero-order chi connectivity index (χ0) is 38.1. The SMILES string of the molecule is CC(C)(C)C1=CN(c2ccc(C(C)(C)C)cc2C(C)(C)C)CN1c1cccc(Oc2ccc3c4ccccc4n(-c4cc(C(C)(C)C)ccn4)c3c2)c1. The smallest absolute Gasteiger partial charge is 0.137 e. The van der Waals surface area contributed by atoms with Crippen molar-refractivity contribution in [2.24, 2.45) is 5.41 Å². The third kappa shape index (κ3) is 7.06. The Hall–Kier alpha value is -5.03. The number of ether oxygens (including phenoxy) is 1. The van der Waals surface area contributed by atoms with E-state index < -0.39 is 0 Å². The number of pyridine rings is 1. The van der Waals surface area contributed by atoms with E-state index in [0.29, 0.717) is 0 Å². The third-order valence-corrected chi connectivity index (χ3v) is 10.5. The number of anilines is 2. The molecule has 1 aliphatic heterocycles. The molecule has 0 spiro atoms. The van der Waals surface area contributed by atoms with Crippen molar-refractivity contribution < 1.29 is 4.74 Å². The normalized spacial score (nSPS) is 14.4. The van der Waals surface area contributed by atoms with E-state index in [9.17, 15) is 0 Å². The van der Waals surface area contributed by atoms with Gasteiger partial charge >= 0.3 is 0 Å². The minimum Gasteiger partial charge on any atom is -0.457 e. The van der Waals surface area contributed by atoms with Crippen molar-refractivity contribution in [2.45, 2.75) is 99.3 Å². The van der Waals surface area contributed by atoms with Crippen LogP contribution in [0.5, 0.6) is 11.5 Å². The number of rotatable bonds is 5. The van der Waals surface area contributed by atoms with Crippen molar-refractivity contribution in [1.82, 2.24) is 9.55 Å². The minimum atomic E-state index is -0.0738. The van der Waals surface area contributed by atoms with E-state index in [0.717, 1.165) is 40.7 Å². The molecule has 53 heavy (non-hydrogen) atoms. The second kappa shape index (κ2) is 12.8. The van der Waals surface area contributed by atoms with Crippen LogP contribution in [0.25, 0.3) is 27.6 Å². The van der Waals surface area contributed by atoms with E-state index in [4.69, 9.17) is 9.72 Å². The maximum Gasteiger partial charge on any atom is 0.137 e.